The Labute approximate surface area is 514 Å². The molecule has 0 saturated carbocycles. The number of nitrogens with two attached hydrogens (primary N) is 1. The number of ketones is 2. The minimum atomic E-state index is -0.934. The van der Waals surface area contributed by atoms with Gasteiger partial charge in [-0.05, 0) is 161 Å². The molecule has 464 valence electrons. The summed E-state index contributed by atoms with van der Waals surface area (Å²) in [5.74, 6) is -3.86. The number of hydrogen-bond donors (Lipinski definition) is 10. The number of halogens is 5. The van der Waals surface area contributed by atoms with Gasteiger partial charge in [0.2, 0.25) is 0 Å². The summed E-state index contributed by atoms with van der Waals surface area (Å²) >= 11 is 0. The molecule has 0 fully saturated rings. The number of hydrogen-bond acceptors (Lipinski definition) is 13. The number of carboxylic acid groups (broad SMARTS) is 1. The van der Waals surface area contributed by atoms with Crippen molar-refractivity contribution >= 4 is 46.3 Å². The fraction of sp³-hybridized carbons (Fsp3) is 0.116. The van der Waals surface area contributed by atoms with Crippen LogP contribution in [0.5, 0.6) is 0 Å². The van der Waals surface area contributed by atoms with E-state index in [1.165, 1.54) is 92.0 Å². The number of aliphatic hydroxyl groups is 4. The molecule has 0 radical (unpaired) electrons. The summed E-state index contributed by atoms with van der Waals surface area (Å²) in [6.07, 6.45) is 3.06. The number of aryl methyl sites for hydroxylation is 1. The van der Waals surface area contributed by atoms with Crippen LogP contribution < -0.4 is 11.1 Å². The van der Waals surface area contributed by atoms with Crippen molar-refractivity contribution in [1.29, 1.82) is 5.41 Å². The Morgan fingerprint density at radius 3 is 1.57 bits per heavy atom. The maximum Gasteiger partial charge on any atom is 0.335 e. The van der Waals surface area contributed by atoms with E-state index >= 15 is 0 Å². The van der Waals surface area contributed by atoms with Gasteiger partial charge in [-0.3, -0.25) is 19.5 Å². The van der Waals surface area contributed by atoms with Gasteiger partial charge in [0.25, 0.3) is 5.91 Å². The Morgan fingerprint density at radius 1 is 0.567 bits per heavy atom. The maximum absolute atomic E-state index is 13.5. The zero-order chi connectivity index (χ0) is 65.7. The number of fused-ring (bicyclic) bond motifs is 1. The monoisotopic (exact) mass is 1230 g/mol. The quantitative estimate of drug-likeness (QED) is 0.0151. The van der Waals surface area contributed by atoms with Gasteiger partial charge in [0, 0.05) is 33.9 Å². The van der Waals surface area contributed by atoms with Crippen molar-refractivity contribution in [2.24, 2.45) is 10.9 Å². The number of carboxylic acids is 1. The van der Waals surface area contributed by atoms with Crippen LogP contribution in [0.3, 0.4) is 0 Å². The Morgan fingerprint density at radius 2 is 1.04 bits per heavy atom. The minimum absolute atomic E-state index is 0.0505. The van der Waals surface area contributed by atoms with E-state index in [-0.39, 0.29) is 53.4 Å². The SMILES string of the molecule is CC(=O)c1cccc(F)c1.Cc1ccc(-c2cccc(C(=O)O)c2)cc1C=N.NC(CO)c1cccc(F)c1.O=C(CO)c1cccc(F)c1.O=C(NC(CO)c1cccc(F)c1)c1cccc(-c2ccc3[nH]ncc3c2)c1.OC/C(=N\O)c1cccc(F)c1. The number of aromatic amines is 1. The first-order valence-electron chi connectivity index (χ1n) is 27.2. The van der Waals surface area contributed by atoms with E-state index < -0.39 is 54.5 Å². The lowest BCUT2D eigenvalue weighted by atomic mass is 9.99. The highest BCUT2D eigenvalue weighted by Crippen LogP contribution is 2.26. The summed E-state index contributed by atoms with van der Waals surface area (Å²) in [5.41, 5.74) is 14.8. The molecule has 1 amide bonds. The number of aromatic carboxylic acids is 1. The van der Waals surface area contributed by atoms with Crippen molar-refractivity contribution in [2.75, 3.05) is 26.4 Å². The molecular formula is C69H63F5N6O10. The summed E-state index contributed by atoms with van der Waals surface area (Å²) in [6.45, 7) is 1.87. The van der Waals surface area contributed by atoms with Gasteiger partial charge >= 0.3 is 5.97 Å². The number of nitrogens with zero attached hydrogens (tertiary/aromatic N) is 2. The number of carbonyl (C=O) groups is 4. The van der Waals surface area contributed by atoms with Crippen molar-refractivity contribution in [3.8, 4) is 22.3 Å². The number of rotatable bonds is 15. The zero-order valence-corrected chi connectivity index (χ0v) is 48.4. The van der Waals surface area contributed by atoms with Crippen molar-refractivity contribution in [2.45, 2.75) is 25.9 Å². The molecule has 11 N–H and O–H groups in total. The highest BCUT2D eigenvalue weighted by atomic mass is 19.1. The molecule has 2 unspecified atom stereocenters. The molecule has 0 aliphatic carbocycles. The number of oxime groups is 1. The van der Waals surface area contributed by atoms with Gasteiger partial charge < -0.3 is 47.2 Å². The normalized spacial score (nSPS) is 11.1. The van der Waals surface area contributed by atoms with Gasteiger partial charge in [0.05, 0.1) is 49.2 Å². The van der Waals surface area contributed by atoms with Gasteiger partial charge in [-0.15, -0.1) is 0 Å². The summed E-state index contributed by atoms with van der Waals surface area (Å²) < 4.78 is 63.4. The third-order valence-corrected chi connectivity index (χ3v) is 12.9. The number of aromatic nitrogens is 2. The second-order valence-electron chi connectivity index (χ2n) is 19.3. The largest absolute Gasteiger partial charge is 0.478 e. The van der Waals surface area contributed by atoms with Crippen LogP contribution in [0.25, 0.3) is 33.2 Å². The van der Waals surface area contributed by atoms with E-state index in [1.807, 2.05) is 55.5 Å². The molecule has 0 saturated heterocycles. The molecule has 0 aliphatic heterocycles. The maximum atomic E-state index is 13.5. The molecular weight excluding hydrogens is 1170 g/mol. The van der Waals surface area contributed by atoms with E-state index in [2.05, 4.69) is 20.7 Å². The molecule has 21 heteroatoms. The van der Waals surface area contributed by atoms with Crippen molar-refractivity contribution < 1.29 is 71.9 Å². The van der Waals surface area contributed by atoms with Crippen LogP contribution >= 0.6 is 0 Å². The first-order valence-corrected chi connectivity index (χ1v) is 27.2. The highest BCUT2D eigenvalue weighted by Gasteiger charge is 2.17. The number of amides is 1. The predicted molar refractivity (Wildman–Crippen MR) is 333 cm³/mol. The van der Waals surface area contributed by atoms with Gasteiger partial charge in [-0.2, -0.15) is 5.10 Å². The lowest BCUT2D eigenvalue weighted by molar-refractivity contribution is 0.0696. The van der Waals surface area contributed by atoms with Crippen LogP contribution in [0, 0.1) is 41.4 Å². The fourth-order valence-electron chi connectivity index (χ4n) is 8.12. The number of Topliss-reactive ketones (excluding diaryl/α,β-unsaturated/α-hetero) is 2. The van der Waals surface area contributed by atoms with Crippen LogP contribution in [0.4, 0.5) is 22.0 Å². The Kier molecular flexibility index (Phi) is 27.9. The molecule has 10 aromatic rings. The second kappa shape index (κ2) is 35.8. The van der Waals surface area contributed by atoms with Crippen molar-refractivity contribution in [1.82, 2.24) is 15.5 Å². The highest BCUT2D eigenvalue weighted by molar-refractivity contribution is 6.01. The molecule has 0 spiro atoms. The molecule has 0 bridgehead atoms. The van der Waals surface area contributed by atoms with Crippen LogP contribution in [-0.2, 0) is 0 Å². The average Bonchev–Trinajstić information content (AvgIpc) is 1.86. The Bertz CT molecular complexity index is 4070. The number of H-pyrrole nitrogens is 1. The number of aliphatic hydroxyl groups excluding tert-OH is 4. The summed E-state index contributed by atoms with van der Waals surface area (Å²) in [4.78, 5) is 45.0. The number of carbonyl (C=O) groups excluding carboxylic acids is 3. The van der Waals surface area contributed by atoms with Crippen LogP contribution in [-0.4, -0.2) is 103 Å². The van der Waals surface area contributed by atoms with Gasteiger partial charge in [-0.25, -0.2) is 26.7 Å². The van der Waals surface area contributed by atoms with Crippen LogP contribution in [0.15, 0.2) is 218 Å². The summed E-state index contributed by atoms with van der Waals surface area (Å²) in [5, 5.41) is 73.5. The second-order valence-corrected chi connectivity index (χ2v) is 19.3. The van der Waals surface area contributed by atoms with Crippen LogP contribution in [0.1, 0.15) is 88.3 Å². The first kappa shape index (κ1) is 70.1. The summed E-state index contributed by atoms with van der Waals surface area (Å²) in [6, 6.07) is 52.6. The van der Waals surface area contributed by atoms with Crippen molar-refractivity contribution in [3.63, 3.8) is 0 Å². The third-order valence-electron chi connectivity index (χ3n) is 12.9. The van der Waals surface area contributed by atoms with Crippen LogP contribution in [0.2, 0.25) is 0 Å². The van der Waals surface area contributed by atoms with E-state index in [0.717, 1.165) is 50.4 Å². The molecule has 1 heterocycles. The minimum Gasteiger partial charge on any atom is -0.478 e. The molecule has 16 nitrogen and oxygen atoms in total. The van der Waals surface area contributed by atoms with Gasteiger partial charge in [0.1, 0.15) is 41.4 Å². The summed E-state index contributed by atoms with van der Waals surface area (Å²) in [7, 11) is 0. The molecule has 90 heavy (non-hydrogen) atoms. The first-order chi connectivity index (χ1) is 43.2. The Hall–Kier alpha value is -10.7. The molecule has 10 rings (SSSR count). The predicted octanol–water partition coefficient (Wildman–Crippen LogP) is 12.0. The van der Waals surface area contributed by atoms with E-state index in [9.17, 15) is 46.2 Å². The van der Waals surface area contributed by atoms with E-state index in [0.29, 0.717) is 27.8 Å². The average molecular weight is 1230 g/mol. The standard InChI is InChI=1S/C22H18FN3O2.C15H13NO2.C8H8FNO2.C8H10FNO.C8H7FO2.C8H7FO/c23-19-6-2-4-16(11-19)21(13-27)25-22(28)17-5-1-3-14(9-17)15-7-8-20-18(10-15)12-24-26-20;1-10-5-6-12(8-14(10)9-16)11-3-2-4-13(7-11)15(17)18;9-7-3-1-2-6(4-7)8(5-11)10-12;9-7-3-1-2-6(4-7)8(10)5-11;9-7-3-1-2-6(4-7)8(11)5-10;1-6(10)7-3-2-4-8(9)5-7/h1-12,21,27H,13H2,(H,24,26)(H,25,28);2-9,16H,1H3,(H,17,18);1-4,11-12H,5H2;1-4,8,11H,5,10H2;1-4,10H,5H2;2-5H,1H3/b;;10-8+;;;. The molecule has 1 aromatic heterocycles. The van der Waals surface area contributed by atoms with Gasteiger partial charge in [-0.1, -0.05) is 108 Å². The fourth-order valence-corrected chi connectivity index (χ4v) is 8.12. The van der Waals surface area contributed by atoms with E-state index in [1.54, 1.807) is 79.0 Å². The molecule has 2 atom stereocenters. The lowest BCUT2D eigenvalue weighted by Gasteiger charge is -2.17. The zero-order valence-electron chi connectivity index (χ0n) is 48.4. The number of nitrogens with one attached hydrogen (secondary N) is 3. The third kappa shape index (κ3) is 21.9. The van der Waals surface area contributed by atoms with E-state index in [4.69, 9.17) is 36.8 Å². The lowest BCUT2D eigenvalue weighted by Crippen LogP contribution is -2.30. The number of benzene rings is 9. The molecule has 0 aliphatic rings. The van der Waals surface area contributed by atoms with Gasteiger partial charge in [0.15, 0.2) is 11.6 Å². The smallest absolute Gasteiger partial charge is 0.335 e. The Balaban J connectivity index is 0.000000207. The van der Waals surface area contributed by atoms with Crippen molar-refractivity contribution in [3.05, 3.63) is 292 Å². The molecule has 9 aromatic carbocycles. The topological polar surface area (TPSA) is 293 Å².